The second-order valence-corrected chi connectivity index (χ2v) is 5.99. The molecule has 0 aliphatic rings. The Morgan fingerprint density at radius 1 is 1.26 bits per heavy atom. The first-order valence-electron chi connectivity index (χ1n) is 6.44. The van der Waals surface area contributed by atoms with Crippen molar-refractivity contribution in [2.24, 2.45) is 5.41 Å². The molecule has 0 saturated heterocycles. The fourth-order valence-corrected chi connectivity index (χ4v) is 1.85. The van der Waals surface area contributed by atoms with Crippen molar-refractivity contribution in [3.8, 4) is 0 Å². The van der Waals surface area contributed by atoms with E-state index in [0.717, 1.165) is 0 Å². The van der Waals surface area contributed by atoms with Gasteiger partial charge >= 0.3 is 7.12 Å². The fraction of sp³-hybridized carbons (Fsp3) is 0.500. The Bertz CT molecular complexity index is 452. The number of carbonyl (C=O) groups is 1. The number of carbonyl (C=O) groups excluding carboxylic acids is 1. The first-order chi connectivity index (χ1) is 8.64. The van der Waals surface area contributed by atoms with Gasteiger partial charge in [0.1, 0.15) is 0 Å². The molecule has 4 nitrogen and oxygen atoms in total. The Hall–Kier alpha value is -1.33. The largest absolute Gasteiger partial charge is 0.488 e. The molecule has 1 rings (SSSR count). The molecule has 0 aromatic heterocycles. The molecule has 1 aromatic rings. The number of anilines is 1. The second kappa shape index (κ2) is 5.76. The van der Waals surface area contributed by atoms with Crippen LogP contribution >= 0.6 is 0 Å². The third-order valence-electron chi connectivity index (χ3n) is 2.82. The lowest BCUT2D eigenvalue weighted by atomic mass is 9.80. The molecule has 0 heterocycles. The van der Waals surface area contributed by atoms with Crippen molar-refractivity contribution < 1.29 is 14.8 Å². The van der Waals surface area contributed by atoms with E-state index in [1.807, 2.05) is 34.6 Å². The standard InChI is InChI=1S/C14H22BNO3/c1-10(2)16(13(17)14(3,4)5)12-8-6-7-11(9-12)15(18)19/h6-10,18-19H,1-5H3. The van der Waals surface area contributed by atoms with E-state index in [4.69, 9.17) is 0 Å². The first-order valence-corrected chi connectivity index (χ1v) is 6.44. The molecule has 0 saturated carbocycles. The van der Waals surface area contributed by atoms with Crippen LogP contribution in [0.1, 0.15) is 34.6 Å². The molecular formula is C14H22BNO3. The zero-order valence-corrected chi connectivity index (χ0v) is 12.2. The molecule has 0 fully saturated rings. The highest BCUT2D eigenvalue weighted by molar-refractivity contribution is 6.58. The molecule has 2 N–H and O–H groups in total. The molecule has 0 radical (unpaired) electrons. The lowest BCUT2D eigenvalue weighted by Crippen LogP contribution is -2.44. The zero-order chi connectivity index (χ0) is 14.8. The van der Waals surface area contributed by atoms with Gasteiger partial charge in [0, 0.05) is 17.1 Å². The summed E-state index contributed by atoms with van der Waals surface area (Å²) in [6, 6.07) is 6.77. The van der Waals surface area contributed by atoms with Gasteiger partial charge in [-0.2, -0.15) is 0 Å². The van der Waals surface area contributed by atoms with Gasteiger partial charge in [0.25, 0.3) is 0 Å². The maximum atomic E-state index is 12.5. The van der Waals surface area contributed by atoms with Gasteiger partial charge in [-0.15, -0.1) is 0 Å². The van der Waals surface area contributed by atoms with E-state index in [0.29, 0.717) is 11.2 Å². The third-order valence-corrected chi connectivity index (χ3v) is 2.82. The van der Waals surface area contributed by atoms with Crippen LogP contribution in [0.5, 0.6) is 0 Å². The van der Waals surface area contributed by atoms with E-state index in [2.05, 4.69) is 0 Å². The van der Waals surface area contributed by atoms with E-state index >= 15 is 0 Å². The number of rotatable bonds is 3. The van der Waals surface area contributed by atoms with Crippen molar-refractivity contribution in [3.05, 3.63) is 24.3 Å². The summed E-state index contributed by atoms with van der Waals surface area (Å²) in [6.45, 7) is 9.48. The Balaban J connectivity index is 3.21. The van der Waals surface area contributed by atoms with Crippen LogP contribution in [-0.2, 0) is 4.79 Å². The highest BCUT2D eigenvalue weighted by atomic mass is 16.4. The number of amides is 1. The van der Waals surface area contributed by atoms with Gasteiger partial charge in [0.15, 0.2) is 0 Å². The van der Waals surface area contributed by atoms with E-state index in [-0.39, 0.29) is 11.9 Å². The minimum absolute atomic E-state index is 0.00203. The molecule has 0 aliphatic heterocycles. The molecule has 0 atom stereocenters. The average Bonchev–Trinajstić information content (AvgIpc) is 2.27. The first kappa shape index (κ1) is 15.7. The molecule has 104 valence electrons. The topological polar surface area (TPSA) is 60.8 Å². The van der Waals surface area contributed by atoms with Crippen LogP contribution in [-0.4, -0.2) is 29.1 Å². The van der Waals surface area contributed by atoms with Gasteiger partial charge in [-0.1, -0.05) is 32.9 Å². The third kappa shape index (κ3) is 3.82. The van der Waals surface area contributed by atoms with Crippen LogP contribution < -0.4 is 10.4 Å². The predicted molar refractivity (Wildman–Crippen MR) is 78.3 cm³/mol. The van der Waals surface area contributed by atoms with Gasteiger partial charge in [-0.3, -0.25) is 4.79 Å². The minimum atomic E-state index is -1.53. The Kier molecular flexibility index (Phi) is 4.77. The van der Waals surface area contributed by atoms with E-state index in [1.54, 1.807) is 29.2 Å². The minimum Gasteiger partial charge on any atom is -0.423 e. The second-order valence-electron chi connectivity index (χ2n) is 5.99. The van der Waals surface area contributed by atoms with Crippen molar-refractivity contribution >= 4 is 24.2 Å². The maximum absolute atomic E-state index is 12.5. The number of hydrogen-bond acceptors (Lipinski definition) is 3. The van der Waals surface area contributed by atoms with Gasteiger partial charge < -0.3 is 14.9 Å². The van der Waals surface area contributed by atoms with Gasteiger partial charge in [0.2, 0.25) is 5.91 Å². The summed E-state index contributed by atoms with van der Waals surface area (Å²) in [4.78, 5) is 14.2. The summed E-state index contributed by atoms with van der Waals surface area (Å²) in [6.07, 6.45) is 0. The lowest BCUT2D eigenvalue weighted by Gasteiger charge is -2.33. The van der Waals surface area contributed by atoms with Crippen LogP contribution in [0.15, 0.2) is 24.3 Å². The number of nitrogens with zero attached hydrogens (tertiary/aromatic N) is 1. The maximum Gasteiger partial charge on any atom is 0.488 e. The zero-order valence-electron chi connectivity index (χ0n) is 12.2. The summed E-state index contributed by atoms with van der Waals surface area (Å²) in [7, 11) is -1.53. The molecule has 0 bridgehead atoms. The van der Waals surface area contributed by atoms with E-state index < -0.39 is 12.5 Å². The molecule has 0 unspecified atom stereocenters. The Morgan fingerprint density at radius 2 is 1.84 bits per heavy atom. The molecule has 0 aliphatic carbocycles. The molecule has 1 aromatic carbocycles. The number of hydrogen-bond donors (Lipinski definition) is 2. The van der Waals surface area contributed by atoms with E-state index in [9.17, 15) is 14.8 Å². The van der Waals surface area contributed by atoms with E-state index in [1.165, 1.54) is 0 Å². The Morgan fingerprint density at radius 3 is 2.26 bits per heavy atom. The van der Waals surface area contributed by atoms with Gasteiger partial charge in [-0.05, 0) is 31.4 Å². The number of benzene rings is 1. The quantitative estimate of drug-likeness (QED) is 0.804. The van der Waals surface area contributed by atoms with Crippen LogP contribution in [0.4, 0.5) is 5.69 Å². The summed E-state index contributed by atoms with van der Waals surface area (Å²) in [5.41, 5.74) is 0.573. The summed E-state index contributed by atoms with van der Waals surface area (Å²) < 4.78 is 0. The molecule has 5 heteroatoms. The lowest BCUT2D eigenvalue weighted by molar-refractivity contribution is -0.126. The van der Waals surface area contributed by atoms with Crippen molar-refractivity contribution in [2.45, 2.75) is 40.7 Å². The fourth-order valence-electron chi connectivity index (χ4n) is 1.85. The summed E-state index contributed by atoms with van der Waals surface area (Å²) in [5.74, 6) is 0.00656. The van der Waals surface area contributed by atoms with Crippen molar-refractivity contribution in [1.82, 2.24) is 0 Å². The molecule has 0 spiro atoms. The van der Waals surface area contributed by atoms with Crippen LogP contribution in [0.2, 0.25) is 0 Å². The smallest absolute Gasteiger partial charge is 0.423 e. The van der Waals surface area contributed by atoms with Crippen LogP contribution in [0.25, 0.3) is 0 Å². The summed E-state index contributed by atoms with van der Waals surface area (Å²) >= 11 is 0. The Labute approximate surface area is 115 Å². The van der Waals surface area contributed by atoms with Crippen LogP contribution in [0, 0.1) is 5.41 Å². The summed E-state index contributed by atoms with van der Waals surface area (Å²) in [5, 5.41) is 18.4. The van der Waals surface area contributed by atoms with Gasteiger partial charge in [-0.25, -0.2) is 0 Å². The molecule has 1 amide bonds. The highest BCUT2D eigenvalue weighted by Gasteiger charge is 2.30. The average molecular weight is 263 g/mol. The predicted octanol–water partition coefficient (Wildman–Crippen LogP) is 1.15. The van der Waals surface area contributed by atoms with Crippen LogP contribution in [0.3, 0.4) is 0 Å². The normalized spacial score (nSPS) is 11.6. The molecular weight excluding hydrogens is 241 g/mol. The van der Waals surface area contributed by atoms with Crippen molar-refractivity contribution in [3.63, 3.8) is 0 Å². The van der Waals surface area contributed by atoms with Crippen molar-refractivity contribution in [2.75, 3.05) is 4.90 Å². The molecule has 19 heavy (non-hydrogen) atoms. The SMILES string of the molecule is CC(C)N(C(=O)C(C)(C)C)c1cccc(B(O)O)c1. The monoisotopic (exact) mass is 263 g/mol. The van der Waals surface area contributed by atoms with Crippen molar-refractivity contribution in [1.29, 1.82) is 0 Å². The highest BCUT2D eigenvalue weighted by Crippen LogP contribution is 2.24. The van der Waals surface area contributed by atoms with Gasteiger partial charge in [0.05, 0.1) is 0 Å².